The molecule has 2 aromatic rings. The number of carbonyl (C=O) groups is 1. The first-order valence-corrected chi connectivity index (χ1v) is 7.72. The van der Waals surface area contributed by atoms with Crippen LogP contribution in [0.2, 0.25) is 0 Å². The molecule has 4 rings (SSSR count). The summed E-state index contributed by atoms with van der Waals surface area (Å²) in [5.74, 6) is 0.0625. The van der Waals surface area contributed by atoms with E-state index in [4.69, 9.17) is 0 Å². The first-order valence-electron chi connectivity index (χ1n) is 6.84. The molecule has 20 heavy (non-hydrogen) atoms. The van der Waals surface area contributed by atoms with Gasteiger partial charge in [0.1, 0.15) is 0 Å². The number of nitrogens with one attached hydrogen (secondary N) is 2. The van der Waals surface area contributed by atoms with E-state index >= 15 is 0 Å². The second-order valence-corrected chi connectivity index (χ2v) is 6.48. The third-order valence-electron chi connectivity index (χ3n) is 4.33. The van der Waals surface area contributed by atoms with Crippen molar-refractivity contribution in [2.24, 2.45) is 0 Å². The van der Waals surface area contributed by atoms with Crippen LogP contribution in [0.15, 0.2) is 29.6 Å². The number of carbonyl (C=O) groups excluding carboxylic acids is 1. The van der Waals surface area contributed by atoms with Crippen molar-refractivity contribution in [2.45, 2.75) is 37.4 Å². The largest absolute Gasteiger partial charge is 0.348 e. The lowest BCUT2D eigenvalue weighted by molar-refractivity contribution is 0.0931. The van der Waals surface area contributed by atoms with Crippen LogP contribution in [-0.4, -0.2) is 24.0 Å². The molecule has 2 aliphatic heterocycles. The molecule has 5 heteroatoms. The van der Waals surface area contributed by atoms with Crippen molar-refractivity contribution in [1.29, 1.82) is 0 Å². The molecule has 3 heterocycles. The van der Waals surface area contributed by atoms with Gasteiger partial charge in [-0.2, -0.15) is 0 Å². The van der Waals surface area contributed by atoms with Gasteiger partial charge in [-0.15, -0.1) is 23.7 Å². The molecule has 0 spiro atoms. The molecule has 2 unspecified atom stereocenters. The molecule has 2 aliphatic rings. The van der Waals surface area contributed by atoms with E-state index in [-0.39, 0.29) is 18.3 Å². The number of amides is 1. The van der Waals surface area contributed by atoms with Gasteiger partial charge in [-0.3, -0.25) is 4.79 Å². The van der Waals surface area contributed by atoms with Crippen molar-refractivity contribution in [2.75, 3.05) is 0 Å². The lowest BCUT2D eigenvalue weighted by Gasteiger charge is -2.21. The molecular formula is C15H17ClN2OS. The maximum absolute atomic E-state index is 12.3. The Hall–Kier alpha value is -1.10. The van der Waals surface area contributed by atoms with Crippen LogP contribution < -0.4 is 10.6 Å². The quantitative estimate of drug-likeness (QED) is 0.895. The minimum Gasteiger partial charge on any atom is -0.348 e. The van der Waals surface area contributed by atoms with Gasteiger partial charge in [0.2, 0.25) is 0 Å². The van der Waals surface area contributed by atoms with Crippen LogP contribution in [0, 0.1) is 0 Å². The second kappa shape index (κ2) is 5.35. The zero-order valence-electron chi connectivity index (χ0n) is 11.0. The predicted octanol–water partition coefficient (Wildman–Crippen LogP) is 2.95. The summed E-state index contributed by atoms with van der Waals surface area (Å²) in [4.78, 5) is 12.3. The summed E-state index contributed by atoms with van der Waals surface area (Å²) in [7, 11) is 0. The van der Waals surface area contributed by atoms with Crippen molar-refractivity contribution >= 4 is 39.7 Å². The van der Waals surface area contributed by atoms with Crippen LogP contribution in [-0.2, 0) is 0 Å². The Morgan fingerprint density at radius 1 is 1.30 bits per heavy atom. The molecule has 0 radical (unpaired) electrons. The fraction of sp³-hybridized carbons (Fsp3) is 0.400. The van der Waals surface area contributed by atoms with Crippen LogP contribution in [0.1, 0.15) is 29.6 Å². The zero-order chi connectivity index (χ0) is 12.8. The van der Waals surface area contributed by atoms with E-state index in [2.05, 4.69) is 22.1 Å². The number of thiophene rings is 1. The van der Waals surface area contributed by atoms with Crippen molar-refractivity contribution in [1.82, 2.24) is 10.6 Å². The summed E-state index contributed by atoms with van der Waals surface area (Å²) < 4.78 is 1.23. The summed E-state index contributed by atoms with van der Waals surface area (Å²) in [5, 5.41) is 9.95. The van der Waals surface area contributed by atoms with Crippen LogP contribution in [0.5, 0.6) is 0 Å². The van der Waals surface area contributed by atoms with Crippen LogP contribution >= 0.6 is 23.7 Å². The molecule has 2 bridgehead atoms. The maximum atomic E-state index is 12.3. The highest BCUT2D eigenvalue weighted by atomic mass is 35.5. The van der Waals surface area contributed by atoms with Crippen molar-refractivity contribution in [3.05, 3.63) is 35.2 Å². The van der Waals surface area contributed by atoms with Gasteiger partial charge in [0.25, 0.3) is 5.91 Å². The minimum atomic E-state index is 0. The standard InChI is InChI=1S/C15H16N2OS.ClH/c18-15(17-13-8-11-2-3-12(13)16-11)10-1-4-14-9(7-10)5-6-19-14;/h1,4-7,11-13,16H,2-3,8H2,(H,17,18);1H/t11?,12?,13-;/m1./s1. The highest BCUT2D eigenvalue weighted by molar-refractivity contribution is 7.17. The van der Waals surface area contributed by atoms with E-state index in [1.165, 1.54) is 17.5 Å². The Labute approximate surface area is 128 Å². The van der Waals surface area contributed by atoms with Crippen molar-refractivity contribution in [3.63, 3.8) is 0 Å². The summed E-state index contributed by atoms with van der Waals surface area (Å²) in [6.45, 7) is 0. The smallest absolute Gasteiger partial charge is 0.251 e. The number of hydrogen-bond donors (Lipinski definition) is 2. The summed E-state index contributed by atoms with van der Waals surface area (Å²) in [6.07, 6.45) is 3.54. The number of fused-ring (bicyclic) bond motifs is 3. The van der Waals surface area contributed by atoms with Crippen molar-refractivity contribution in [3.8, 4) is 0 Å². The van der Waals surface area contributed by atoms with E-state index in [1.54, 1.807) is 11.3 Å². The molecule has 0 aliphatic carbocycles. The molecule has 2 fully saturated rings. The van der Waals surface area contributed by atoms with Crippen LogP contribution in [0.4, 0.5) is 0 Å². The third kappa shape index (κ3) is 2.32. The lowest BCUT2D eigenvalue weighted by Crippen LogP contribution is -2.42. The fourth-order valence-electron chi connectivity index (χ4n) is 3.34. The molecule has 106 valence electrons. The first kappa shape index (κ1) is 13.9. The molecule has 3 atom stereocenters. The van der Waals surface area contributed by atoms with E-state index in [1.807, 2.05) is 18.2 Å². The van der Waals surface area contributed by atoms with Gasteiger partial charge in [0.05, 0.1) is 0 Å². The highest BCUT2D eigenvalue weighted by Gasteiger charge is 2.39. The van der Waals surface area contributed by atoms with Gasteiger partial charge in [-0.05, 0) is 54.3 Å². The Balaban J connectivity index is 0.00000121. The predicted molar refractivity (Wildman–Crippen MR) is 84.9 cm³/mol. The third-order valence-corrected chi connectivity index (χ3v) is 5.23. The summed E-state index contributed by atoms with van der Waals surface area (Å²) in [6, 6.07) is 9.43. The maximum Gasteiger partial charge on any atom is 0.251 e. The lowest BCUT2D eigenvalue weighted by atomic mass is 9.95. The van der Waals surface area contributed by atoms with Gasteiger partial charge in [-0.25, -0.2) is 0 Å². The van der Waals surface area contributed by atoms with Crippen molar-refractivity contribution < 1.29 is 4.79 Å². The Bertz CT molecular complexity index is 642. The molecule has 1 aromatic carbocycles. The van der Waals surface area contributed by atoms with Gasteiger partial charge < -0.3 is 10.6 Å². The highest BCUT2D eigenvalue weighted by Crippen LogP contribution is 2.28. The number of halogens is 1. The molecule has 3 nitrogen and oxygen atoms in total. The normalized spacial score (nSPS) is 27.5. The van der Waals surface area contributed by atoms with Gasteiger partial charge in [-0.1, -0.05) is 0 Å². The molecular weight excluding hydrogens is 292 g/mol. The Kier molecular flexibility index (Phi) is 3.71. The molecule has 1 amide bonds. The van der Waals surface area contributed by atoms with Gasteiger partial charge >= 0.3 is 0 Å². The number of hydrogen-bond acceptors (Lipinski definition) is 3. The molecule has 2 N–H and O–H groups in total. The van der Waals surface area contributed by atoms with Gasteiger partial charge in [0.15, 0.2) is 0 Å². The van der Waals surface area contributed by atoms with E-state index in [9.17, 15) is 4.79 Å². The Morgan fingerprint density at radius 2 is 2.20 bits per heavy atom. The second-order valence-electron chi connectivity index (χ2n) is 5.54. The molecule has 2 saturated heterocycles. The first-order chi connectivity index (χ1) is 9.29. The number of rotatable bonds is 2. The minimum absolute atomic E-state index is 0. The molecule has 0 saturated carbocycles. The topological polar surface area (TPSA) is 41.1 Å². The fourth-order valence-corrected chi connectivity index (χ4v) is 4.11. The SMILES string of the molecule is Cl.O=C(N[C@@H]1CC2CCC1N2)c1ccc2sccc2c1. The monoisotopic (exact) mass is 308 g/mol. The van der Waals surface area contributed by atoms with Gasteiger partial charge in [0, 0.05) is 28.4 Å². The summed E-state index contributed by atoms with van der Waals surface area (Å²) in [5.41, 5.74) is 0.772. The van der Waals surface area contributed by atoms with E-state index in [0.717, 1.165) is 17.4 Å². The number of benzene rings is 1. The van der Waals surface area contributed by atoms with Crippen LogP contribution in [0.25, 0.3) is 10.1 Å². The molecule has 1 aromatic heterocycles. The summed E-state index contributed by atoms with van der Waals surface area (Å²) >= 11 is 1.71. The van der Waals surface area contributed by atoms with E-state index in [0.29, 0.717) is 18.1 Å². The van der Waals surface area contributed by atoms with Crippen LogP contribution in [0.3, 0.4) is 0 Å². The van der Waals surface area contributed by atoms with E-state index < -0.39 is 0 Å². The zero-order valence-corrected chi connectivity index (χ0v) is 12.6. The average Bonchev–Trinajstić information content (AvgIpc) is 3.13. The average molecular weight is 309 g/mol. The Morgan fingerprint density at radius 3 is 2.95 bits per heavy atom.